The molecular weight excluding hydrogens is 288 g/mol. The molecule has 0 fully saturated rings. The molecule has 0 N–H and O–H groups in total. The normalized spacial score (nSPS) is 10.1. The average Bonchev–Trinajstić information content (AvgIpc) is 2.52. The van der Waals surface area contributed by atoms with Crippen LogP contribution in [-0.2, 0) is 28.7 Å². The molecule has 0 aliphatic heterocycles. The van der Waals surface area contributed by atoms with Crippen LogP contribution >= 0.6 is 0 Å². The molecule has 0 radical (unpaired) electrons. The van der Waals surface area contributed by atoms with Crippen LogP contribution < -0.4 is 0 Å². The number of hydrogen-bond donors (Lipinski definition) is 0. The second-order valence-corrected chi connectivity index (χ2v) is 5.03. The van der Waals surface area contributed by atoms with Crippen LogP contribution in [0.25, 0.3) is 0 Å². The van der Waals surface area contributed by atoms with Gasteiger partial charge in [0.25, 0.3) is 0 Å². The Kier molecular flexibility index (Phi) is 12.0. The monoisotopic (exact) mass is 314 g/mol. The summed E-state index contributed by atoms with van der Waals surface area (Å²) in [5.74, 6) is -3.47. The van der Waals surface area contributed by atoms with Gasteiger partial charge in [-0.2, -0.15) is 0 Å². The number of carbonyl (C=O) groups is 4. The molecule has 126 valence electrons. The van der Waals surface area contributed by atoms with Gasteiger partial charge in [-0.15, -0.1) is 0 Å². The molecule has 0 bridgehead atoms. The fourth-order valence-corrected chi connectivity index (χ4v) is 1.63. The van der Waals surface area contributed by atoms with Crippen LogP contribution in [0.2, 0.25) is 0 Å². The van der Waals surface area contributed by atoms with Gasteiger partial charge in [0, 0.05) is 12.8 Å². The van der Waals surface area contributed by atoms with Crippen molar-refractivity contribution in [3.05, 3.63) is 0 Å². The smallest absolute Gasteiger partial charge is 0.374 e. The van der Waals surface area contributed by atoms with Crippen molar-refractivity contribution in [1.82, 2.24) is 0 Å². The maximum atomic E-state index is 11.5. The van der Waals surface area contributed by atoms with E-state index in [0.29, 0.717) is 12.8 Å². The first-order chi connectivity index (χ1) is 10.5. The minimum atomic E-state index is -0.944. The van der Waals surface area contributed by atoms with Crippen molar-refractivity contribution in [1.29, 1.82) is 0 Å². The van der Waals surface area contributed by atoms with Crippen molar-refractivity contribution in [3.8, 4) is 0 Å². The van der Waals surface area contributed by atoms with E-state index in [1.807, 2.05) is 13.8 Å². The highest BCUT2D eigenvalue weighted by atomic mass is 16.5. The summed E-state index contributed by atoms with van der Waals surface area (Å²) >= 11 is 0. The maximum Gasteiger partial charge on any atom is 0.374 e. The topological polar surface area (TPSA) is 86.7 Å². The van der Waals surface area contributed by atoms with Gasteiger partial charge in [0.15, 0.2) is 0 Å². The lowest BCUT2D eigenvalue weighted by Gasteiger charge is -2.04. The summed E-state index contributed by atoms with van der Waals surface area (Å²) in [6.07, 6.45) is 4.58. The minimum absolute atomic E-state index is 0.200. The standard InChI is InChI=1S/C16H26O6/c1-3-5-7-11-21-15(19)13(17)9-10-14(18)16(20)22-12-8-6-4-2/h3-12H2,1-2H3. The van der Waals surface area contributed by atoms with Crippen molar-refractivity contribution < 1.29 is 28.7 Å². The first-order valence-electron chi connectivity index (χ1n) is 7.92. The molecule has 0 heterocycles. The van der Waals surface area contributed by atoms with Gasteiger partial charge in [-0.05, 0) is 12.8 Å². The Morgan fingerprint density at radius 2 is 1.00 bits per heavy atom. The molecular formula is C16H26O6. The first-order valence-corrected chi connectivity index (χ1v) is 7.92. The Morgan fingerprint density at radius 1 is 0.636 bits per heavy atom. The zero-order valence-corrected chi connectivity index (χ0v) is 13.5. The van der Waals surface area contributed by atoms with Crippen LogP contribution in [0.4, 0.5) is 0 Å². The molecule has 0 rings (SSSR count). The second-order valence-electron chi connectivity index (χ2n) is 5.03. The van der Waals surface area contributed by atoms with Crippen molar-refractivity contribution in [2.45, 2.75) is 65.2 Å². The lowest BCUT2D eigenvalue weighted by atomic mass is 10.1. The maximum absolute atomic E-state index is 11.5. The predicted molar refractivity (Wildman–Crippen MR) is 80.2 cm³/mol. The number of ether oxygens (including phenoxy) is 2. The van der Waals surface area contributed by atoms with Crippen molar-refractivity contribution in [2.24, 2.45) is 0 Å². The molecule has 6 nitrogen and oxygen atoms in total. The number of Topliss-reactive ketones (excluding diaryl/α,β-unsaturated/α-hetero) is 2. The van der Waals surface area contributed by atoms with Crippen LogP contribution in [0.15, 0.2) is 0 Å². The molecule has 0 aromatic carbocycles. The van der Waals surface area contributed by atoms with E-state index in [9.17, 15) is 19.2 Å². The minimum Gasteiger partial charge on any atom is -0.460 e. The number of esters is 2. The number of unbranched alkanes of at least 4 members (excludes halogenated alkanes) is 4. The summed E-state index contributed by atoms with van der Waals surface area (Å²) in [5, 5.41) is 0. The van der Waals surface area contributed by atoms with E-state index in [-0.39, 0.29) is 26.1 Å². The molecule has 0 aliphatic carbocycles. The van der Waals surface area contributed by atoms with Crippen LogP contribution in [-0.4, -0.2) is 36.7 Å². The highest BCUT2D eigenvalue weighted by Gasteiger charge is 2.21. The van der Waals surface area contributed by atoms with Gasteiger partial charge in [-0.3, -0.25) is 9.59 Å². The van der Waals surface area contributed by atoms with Gasteiger partial charge < -0.3 is 9.47 Å². The molecule has 0 spiro atoms. The fourth-order valence-electron chi connectivity index (χ4n) is 1.63. The summed E-state index contributed by atoms with van der Waals surface area (Å²) in [4.78, 5) is 45.6. The summed E-state index contributed by atoms with van der Waals surface area (Å²) in [6.45, 7) is 4.43. The third kappa shape index (κ3) is 10.1. The summed E-state index contributed by atoms with van der Waals surface area (Å²) in [6, 6.07) is 0. The molecule has 0 saturated carbocycles. The highest BCUT2D eigenvalue weighted by Crippen LogP contribution is 2.01. The third-order valence-electron chi connectivity index (χ3n) is 3.00. The quantitative estimate of drug-likeness (QED) is 0.295. The Balaban J connectivity index is 3.85. The van der Waals surface area contributed by atoms with Gasteiger partial charge in [-0.25, -0.2) is 9.59 Å². The fraction of sp³-hybridized carbons (Fsp3) is 0.750. The molecule has 0 aromatic rings. The first kappa shape index (κ1) is 20.3. The Hall–Kier alpha value is -1.72. The van der Waals surface area contributed by atoms with Crippen molar-refractivity contribution in [3.63, 3.8) is 0 Å². The highest BCUT2D eigenvalue weighted by molar-refractivity contribution is 6.37. The molecule has 0 atom stereocenters. The zero-order valence-electron chi connectivity index (χ0n) is 13.5. The van der Waals surface area contributed by atoms with E-state index in [4.69, 9.17) is 9.47 Å². The number of carbonyl (C=O) groups excluding carboxylic acids is 4. The molecule has 22 heavy (non-hydrogen) atoms. The average molecular weight is 314 g/mol. The van der Waals surface area contributed by atoms with Crippen LogP contribution in [0, 0.1) is 0 Å². The van der Waals surface area contributed by atoms with Gasteiger partial charge in [0.05, 0.1) is 13.2 Å². The Morgan fingerprint density at radius 3 is 1.32 bits per heavy atom. The Bertz CT molecular complexity index is 339. The number of ketones is 2. The van der Waals surface area contributed by atoms with E-state index in [1.165, 1.54) is 0 Å². The van der Waals surface area contributed by atoms with Crippen LogP contribution in [0.3, 0.4) is 0 Å². The van der Waals surface area contributed by atoms with E-state index >= 15 is 0 Å². The summed E-state index contributed by atoms with van der Waals surface area (Å²) in [5.41, 5.74) is 0. The van der Waals surface area contributed by atoms with Gasteiger partial charge >= 0.3 is 11.9 Å². The Labute approximate surface area is 131 Å². The van der Waals surface area contributed by atoms with Gasteiger partial charge in [-0.1, -0.05) is 39.5 Å². The molecule has 0 aromatic heterocycles. The van der Waals surface area contributed by atoms with Crippen molar-refractivity contribution in [2.75, 3.05) is 13.2 Å². The van der Waals surface area contributed by atoms with E-state index in [1.54, 1.807) is 0 Å². The zero-order chi connectivity index (χ0) is 16.8. The molecule has 0 unspecified atom stereocenters. The van der Waals surface area contributed by atoms with Crippen LogP contribution in [0.5, 0.6) is 0 Å². The lowest BCUT2D eigenvalue weighted by Crippen LogP contribution is -2.22. The predicted octanol–water partition coefficient (Wildman–Crippen LogP) is 2.37. The summed E-state index contributed by atoms with van der Waals surface area (Å²) < 4.78 is 9.55. The lowest BCUT2D eigenvalue weighted by molar-refractivity contribution is -0.156. The van der Waals surface area contributed by atoms with E-state index < -0.39 is 23.5 Å². The van der Waals surface area contributed by atoms with Crippen LogP contribution in [0.1, 0.15) is 65.2 Å². The van der Waals surface area contributed by atoms with Gasteiger partial charge in [0.2, 0.25) is 11.6 Å². The van der Waals surface area contributed by atoms with Gasteiger partial charge in [0.1, 0.15) is 0 Å². The third-order valence-corrected chi connectivity index (χ3v) is 3.00. The number of hydrogen-bond acceptors (Lipinski definition) is 6. The van der Waals surface area contributed by atoms with Crippen molar-refractivity contribution >= 4 is 23.5 Å². The molecule has 0 amide bonds. The summed E-state index contributed by atoms with van der Waals surface area (Å²) in [7, 11) is 0. The molecule has 0 aliphatic rings. The largest absolute Gasteiger partial charge is 0.460 e. The van der Waals surface area contributed by atoms with E-state index in [0.717, 1.165) is 25.7 Å². The van der Waals surface area contributed by atoms with E-state index in [2.05, 4.69) is 0 Å². The molecule has 6 heteroatoms. The molecule has 0 saturated heterocycles. The number of rotatable bonds is 13. The SMILES string of the molecule is CCCCCOC(=O)C(=O)CCC(=O)C(=O)OCCCCC. The second kappa shape index (κ2) is 13.0.